The van der Waals surface area contributed by atoms with E-state index in [9.17, 15) is 9.59 Å². The summed E-state index contributed by atoms with van der Waals surface area (Å²) in [6, 6.07) is 19.1. The zero-order chi connectivity index (χ0) is 18.1. The largest absolute Gasteiger partial charge is 0.489 e. The van der Waals surface area contributed by atoms with Crippen molar-refractivity contribution in [2.75, 3.05) is 11.5 Å². The van der Waals surface area contributed by atoms with E-state index in [1.165, 1.54) is 16.8 Å². The Bertz CT molecular complexity index is 1010. The maximum atomic E-state index is 13.2. The number of hydrogen-bond donors (Lipinski definition) is 0. The predicted octanol–water partition coefficient (Wildman–Crippen LogP) is 2.66. The van der Waals surface area contributed by atoms with Gasteiger partial charge in [0.15, 0.2) is 0 Å². The van der Waals surface area contributed by atoms with Crippen LogP contribution >= 0.6 is 0 Å². The monoisotopic (exact) mass is 347 g/mol. The molecule has 0 saturated carbocycles. The number of fused-ring (bicyclic) bond motifs is 1. The van der Waals surface area contributed by atoms with Crippen LogP contribution in [0.1, 0.15) is 17.4 Å². The number of rotatable bonds is 2. The Morgan fingerprint density at radius 2 is 1.77 bits per heavy atom. The van der Waals surface area contributed by atoms with Crippen LogP contribution in [0.25, 0.3) is 5.69 Å². The third-order valence-corrected chi connectivity index (χ3v) is 4.28. The van der Waals surface area contributed by atoms with Crippen LogP contribution in [0.2, 0.25) is 0 Å². The molecule has 0 fully saturated rings. The first-order valence-corrected chi connectivity index (χ1v) is 8.36. The molecule has 4 rings (SSSR count). The highest BCUT2D eigenvalue weighted by molar-refractivity contribution is 6.06. The lowest BCUT2D eigenvalue weighted by molar-refractivity contribution is 0.0954. The highest BCUT2D eigenvalue weighted by Gasteiger charge is 2.31. The SMILES string of the molecule is C[C@H]1COc2ccccc2N1C(=O)c1ccc(=O)n(-c2ccccc2)n1. The second-order valence-electron chi connectivity index (χ2n) is 6.11. The third-order valence-electron chi connectivity index (χ3n) is 4.28. The summed E-state index contributed by atoms with van der Waals surface area (Å²) in [6.45, 7) is 2.32. The minimum atomic E-state index is -0.289. The summed E-state index contributed by atoms with van der Waals surface area (Å²) < 4.78 is 6.93. The lowest BCUT2D eigenvalue weighted by Gasteiger charge is -2.34. The number of ether oxygens (including phenoxy) is 1. The quantitative estimate of drug-likeness (QED) is 0.715. The number of benzene rings is 2. The van der Waals surface area contributed by atoms with E-state index < -0.39 is 0 Å². The first kappa shape index (κ1) is 16.1. The smallest absolute Gasteiger partial charge is 0.279 e. The molecule has 2 heterocycles. The molecule has 0 unspecified atom stereocenters. The highest BCUT2D eigenvalue weighted by Crippen LogP contribution is 2.34. The Kier molecular flexibility index (Phi) is 4.01. The molecule has 6 nitrogen and oxygen atoms in total. The zero-order valence-electron chi connectivity index (χ0n) is 14.2. The zero-order valence-corrected chi connectivity index (χ0v) is 14.2. The highest BCUT2D eigenvalue weighted by atomic mass is 16.5. The summed E-state index contributed by atoms with van der Waals surface area (Å²) in [5.41, 5.74) is 1.23. The predicted molar refractivity (Wildman–Crippen MR) is 98.0 cm³/mol. The van der Waals surface area contributed by atoms with Gasteiger partial charge in [0.25, 0.3) is 11.5 Å². The molecule has 2 aromatic carbocycles. The van der Waals surface area contributed by atoms with Gasteiger partial charge in [-0.3, -0.25) is 14.5 Å². The second-order valence-corrected chi connectivity index (χ2v) is 6.11. The molecule has 1 aliphatic rings. The molecule has 1 aliphatic heterocycles. The van der Waals surface area contributed by atoms with Crippen molar-refractivity contribution >= 4 is 11.6 Å². The molecule has 0 radical (unpaired) electrons. The summed E-state index contributed by atoms with van der Waals surface area (Å²) in [7, 11) is 0. The summed E-state index contributed by atoms with van der Waals surface area (Å²) in [6.07, 6.45) is 0. The minimum Gasteiger partial charge on any atom is -0.489 e. The van der Waals surface area contributed by atoms with Crippen LogP contribution in [0.15, 0.2) is 71.5 Å². The molecule has 1 atom stereocenters. The minimum absolute atomic E-state index is 0.142. The molecule has 130 valence electrons. The van der Waals surface area contributed by atoms with Crippen LogP contribution < -0.4 is 15.2 Å². The van der Waals surface area contributed by atoms with Crippen molar-refractivity contribution in [1.82, 2.24) is 9.78 Å². The van der Waals surface area contributed by atoms with Gasteiger partial charge in [0.1, 0.15) is 18.1 Å². The van der Waals surface area contributed by atoms with Gasteiger partial charge in [-0.05, 0) is 37.3 Å². The molecule has 1 amide bonds. The van der Waals surface area contributed by atoms with Gasteiger partial charge < -0.3 is 4.74 Å². The third kappa shape index (κ3) is 2.75. The van der Waals surface area contributed by atoms with Crippen molar-refractivity contribution in [2.24, 2.45) is 0 Å². The van der Waals surface area contributed by atoms with Gasteiger partial charge in [0.05, 0.1) is 17.4 Å². The fourth-order valence-electron chi connectivity index (χ4n) is 3.01. The summed E-state index contributed by atoms with van der Waals surface area (Å²) in [5.74, 6) is 0.397. The molecule has 0 aliphatic carbocycles. The van der Waals surface area contributed by atoms with Crippen LogP contribution in [0, 0.1) is 0 Å². The number of anilines is 1. The van der Waals surface area contributed by atoms with E-state index in [4.69, 9.17) is 4.74 Å². The fraction of sp³-hybridized carbons (Fsp3) is 0.150. The first-order valence-electron chi connectivity index (χ1n) is 8.36. The fourth-order valence-corrected chi connectivity index (χ4v) is 3.01. The lowest BCUT2D eigenvalue weighted by Crippen LogP contribution is -2.45. The van der Waals surface area contributed by atoms with E-state index in [1.54, 1.807) is 17.0 Å². The van der Waals surface area contributed by atoms with Crippen LogP contribution in [0.4, 0.5) is 5.69 Å². The molecule has 6 heteroatoms. The molecule has 0 N–H and O–H groups in total. The van der Waals surface area contributed by atoms with Crippen LogP contribution in [-0.2, 0) is 0 Å². The van der Waals surface area contributed by atoms with E-state index in [1.807, 2.05) is 49.4 Å². The Morgan fingerprint density at radius 1 is 1.04 bits per heavy atom. The Morgan fingerprint density at radius 3 is 2.58 bits per heavy atom. The average Bonchev–Trinajstić information content (AvgIpc) is 2.68. The maximum absolute atomic E-state index is 13.2. The Balaban J connectivity index is 1.77. The topological polar surface area (TPSA) is 64.4 Å². The van der Waals surface area contributed by atoms with Crippen LogP contribution in [0.5, 0.6) is 5.75 Å². The van der Waals surface area contributed by atoms with Gasteiger partial charge in [0, 0.05) is 6.07 Å². The number of para-hydroxylation sites is 3. The number of carbonyl (C=O) groups is 1. The second kappa shape index (κ2) is 6.48. The van der Waals surface area contributed by atoms with Crippen molar-refractivity contribution in [3.8, 4) is 11.4 Å². The van der Waals surface area contributed by atoms with Crippen molar-refractivity contribution in [2.45, 2.75) is 13.0 Å². The van der Waals surface area contributed by atoms with E-state index in [2.05, 4.69) is 5.10 Å². The van der Waals surface area contributed by atoms with E-state index in [0.717, 1.165) is 0 Å². The van der Waals surface area contributed by atoms with Gasteiger partial charge in [-0.25, -0.2) is 0 Å². The summed E-state index contributed by atoms with van der Waals surface area (Å²) in [4.78, 5) is 27.0. The molecule has 0 saturated heterocycles. The number of aromatic nitrogens is 2. The van der Waals surface area contributed by atoms with E-state index in [-0.39, 0.29) is 23.2 Å². The molecule has 0 bridgehead atoms. The molecular formula is C20H17N3O3. The molecule has 0 spiro atoms. The van der Waals surface area contributed by atoms with Crippen molar-refractivity contribution in [3.05, 3.63) is 82.8 Å². The van der Waals surface area contributed by atoms with Crippen molar-refractivity contribution < 1.29 is 9.53 Å². The molecular weight excluding hydrogens is 330 g/mol. The van der Waals surface area contributed by atoms with Crippen LogP contribution in [0.3, 0.4) is 0 Å². The average molecular weight is 347 g/mol. The van der Waals surface area contributed by atoms with Gasteiger partial charge in [0.2, 0.25) is 0 Å². The molecule has 1 aromatic heterocycles. The number of nitrogens with zero attached hydrogens (tertiary/aromatic N) is 3. The first-order chi connectivity index (χ1) is 12.6. The van der Waals surface area contributed by atoms with Gasteiger partial charge in [-0.1, -0.05) is 30.3 Å². The van der Waals surface area contributed by atoms with Crippen LogP contribution in [-0.4, -0.2) is 28.3 Å². The number of carbonyl (C=O) groups excluding carboxylic acids is 1. The number of amides is 1. The Labute approximate surface area is 150 Å². The normalized spacial score (nSPS) is 15.9. The lowest BCUT2D eigenvalue weighted by atomic mass is 10.1. The van der Waals surface area contributed by atoms with Gasteiger partial charge >= 0.3 is 0 Å². The van der Waals surface area contributed by atoms with Gasteiger partial charge in [-0.15, -0.1) is 0 Å². The standard InChI is InChI=1S/C20H17N3O3/c1-14-13-26-18-10-6-5-9-17(18)22(14)20(25)16-11-12-19(24)23(21-16)15-7-3-2-4-8-15/h2-12,14H,13H2,1H3/t14-/m0/s1. The molecule has 3 aromatic rings. The summed E-state index contributed by atoms with van der Waals surface area (Å²) in [5, 5.41) is 4.30. The van der Waals surface area contributed by atoms with E-state index >= 15 is 0 Å². The maximum Gasteiger partial charge on any atom is 0.279 e. The summed E-state index contributed by atoms with van der Waals surface area (Å²) >= 11 is 0. The number of hydrogen-bond acceptors (Lipinski definition) is 4. The molecule has 26 heavy (non-hydrogen) atoms. The van der Waals surface area contributed by atoms with Crippen molar-refractivity contribution in [3.63, 3.8) is 0 Å². The van der Waals surface area contributed by atoms with E-state index in [0.29, 0.717) is 23.7 Å². The van der Waals surface area contributed by atoms with Gasteiger partial charge in [-0.2, -0.15) is 9.78 Å². The van der Waals surface area contributed by atoms with Crippen molar-refractivity contribution in [1.29, 1.82) is 0 Å². The Hall–Kier alpha value is -3.41.